The second-order valence-corrected chi connectivity index (χ2v) is 9.29. The average Bonchev–Trinajstić information content (AvgIpc) is 2.78. The van der Waals surface area contributed by atoms with Crippen LogP contribution in [0, 0.1) is 11.8 Å². The van der Waals surface area contributed by atoms with Crippen LogP contribution in [0.25, 0.3) is 0 Å². The molecule has 1 aliphatic carbocycles. The third-order valence-corrected chi connectivity index (χ3v) is 6.54. The monoisotopic (exact) mass is 436 g/mol. The SMILES string of the molecule is CCCCCCCC/C=C/CCCCCCCCCOC(=O)C1CCCCC1C(=O)O. The number of hydrogen-bond donors (Lipinski definition) is 1. The molecule has 0 radical (unpaired) electrons. The molecule has 2 atom stereocenters. The number of esters is 1. The highest BCUT2D eigenvalue weighted by molar-refractivity contribution is 5.81. The zero-order chi connectivity index (χ0) is 22.6. The Morgan fingerprint density at radius 1 is 0.742 bits per heavy atom. The van der Waals surface area contributed by atoms with E-state index in [0.29, 0.717) is 19.4 Å². The molecule has 31 heavy (non-hydrogen) atoms. The van der Waals surface area contributed by atoms with Crippen molar-refractivity contribution in [2.24, 2.45) is 11.8 Å². The van der Waals surface area contributed by atoms with Gasteiger partial charge in [-0.25, -0.2) is 0 Å². The maximum atomic E-state index is 12.2. The van der Waals surface area contributed by atoms with Gasteiger partial charge >= 0.3 is 11.9 Å². The number of hydrogen-bond acceptors (Lipinski definition) is 3. The molecule has 1 fully saturated rings. The summed E-state index contributed by atoms with van der Waals surface area (Å²) in [6.07, 6.45) is 26.8. The van der Waals surface area contributed by atoms with Gasteiger partial charge in [0.2, 0.25) is 0 Å². The first-order valence-corrected chi connectivity index (χ1v) is 13.2. The summed E-state index contributed by atoms with van der Waals surface area (Å²) < 4.78 is 5.38. The van der Waals surface area contributed by atoms with Gasteiger partial charge in [-0.2, -0.15) is 0 Å². The molecule has 0 aromatic carbocycles. The number of carboxylic acids is 1. The van der Waals surface area contributed by atoms with Crippen molar-refractivity contribution in [1.82, 2.24) is 0 Å². The zero-order valence-corrected chi connectivity index (χ0v) is 20.1. The number of unbranched alkanes of at least 4 members (excludes halogenated alkanes) is 13. The van der Waals surface area contributed by atoms with Crippen LogP contribution in [0.15, 0.2) is 12.2 Å². The van der Waals surface area contributed by atoms with Crippen molar-refractivity contribution in [3.63, 3.8) is 0 Å². The van der Waals surface area contributed by atoms with Crippen LogP contribution < -0.4 is 0 Å². The first kappa shape index (κ1) is 27.7. The van der Waals surface area contributed by atoms with Gasteiger partial charge in [0.1, 0.15) is 0 Å². The molecule has 1 aliphatic rings. The second-order valence-electron chi connectivity index (χ2n) is 9.29. The fraction of sp³-hybridized carbons (Fsp3) is 0.852. The van der Waals surface area contributed by atoms with Crippen molar-refractivity contribution in [1.29, 1.82) is 0 Å². The molecule has 1 rings (SSSR count). The van der Waals surface area contributed by atoms with Gasteiger partial charge in [0, 0.05) is 0 Å². The molecule has 1 N–H and O–H groups in total. The van der Waals surface area contributed by atoms with Crippen molar-refractivity contribution >= 4 is 11.9 Å². The molecule has 4 heteroatoms. The lowest BCUT2D eigenvalue weighted by Gasteiger charge is -2.26. The minimum absolute atomic E-state index is 0.295. The lowest BCUT2D eigenvalue weighted by Crippen LogP contribution is -2.33. The summed E-state index contributed by atoms with van der Waals surface area (Å²) >= 11 is 0. The average molecular weight is 437 g/mol. The molecular weight excluding hydrogens is 388 g/mol. The van der Waals surface area contributed by atoms with Crippen LogP contribution in [0.2, 0.25) is 0 Å². The van der Waals surface area contributed by atoms with E-state index in [2.05, 4.69) is 19.1 Å². The summed E-state index contributed by atoms with van der Waals surface area (Å²) in [6.45, 7) is 2.70. The smallest absolute Gasteiger partial charge is 0.309 e. The quantitative estimate of drug-likeness (QED) is 0.127. The van der Waals surface area contributed by atoms with E-state index < -0.39 is 17.8 Å². The molecule has 2 unspecified atom stereocenters. The number of ether oxygens (including phenoxy) is 1. The van der Waals surface area contributed by atoms with E-state index in [1.807, 2.05) is 0 Å². The van der Waals surface area contributed by atoms with Gasteiger partial charge in [0.05, 0.1) is 18.4 Å². The van der Waals surface area contributed by atoms with Gasteiger partial charge in [0.15, 0.2) is 0 Å². The molecule has 0 bridgehead atoms. The Balaban J connectivity index is 1.86. The zero-order valence-electron chi connectivity index (χ0n) is 20.1. The fourth-order valence-corrected chi connectivity index (χ4v) is 4.51. The number of allylic oxidation sites excluding steroid dienone is 2. The summed E-state index contributed by atoms with van der Waals surface area (Å²) in [5.41, 5.74) is 0. The van der Waals surface area contributed by atoms with Crippen molar-refractivity contribution in [2.45, 2.75) is 129 Å². The van der Waals surface area contributed by atoms with E-state index in [9.17, 15) is 14.7 Å². The summed E-state index contributed by atoms with van der Waals surface area (Å²) in [5.74, 6) is -2.13. The molecule has 0 aromatic heterocycles. The highest BCUT2D eigenvalue weighted by Gasteiger charge is 2.36. The molecule has 0 aromatic rings. The van der Waals surface area contributed by atoms with Gasteiger partial charge in [-0.1, -0.05) is 96.1 Å². The van der Waals surface area contributed by atoms with Crippen molar-refractivity contribution in [3.8, 4) is 0 Å². The Kier molecular flexibility index (Phi) is 17.3. The lowest BCUT2D eigenvalue weighted by atomic mass is 9.79. The van der Waals surface area contributed by atoms with Crippen LogP contribution in [0.4, 0.5) is 0 Å². The Labute approximate surface area is 191 Å². The first-order chi connectivity index (χ1) is 15.2. The van der Waals surface area contributed by atoms with Gasteiger partial charge < -0.3 is 9.84 Å². The molecular formula is C27H48O4. The molecule has 0 saturated heterocycles. The molecule has 4 nitrogen and oxygen atoms in total. The molecule has 0 aliphatic heterocycles. The molecule has 0 spiro atoms. The summed E-state index contributed by atoms with van der Waals surface area (Å²) in [6, 6.07) is 0. The normalized spacial score (nSPS) is 19.0. The maximum Gasteiger partial charge on any atom is 0.309 e. The van der Waals surface area contributed by atoms with E-state index in [1.54, 1.807) is 0 Å². The highest BCUT2D eigenvalue weighted by Crippen LogP contribution is 2.31. The van der Waals surface area contributed by atoms with E-state index in [1.165, 1.54) is 83.5 Å². The number of carbonyl (C=O) groups is 2. The topological polar surface area (TPSA) is 63.6 Å². The van der Waals surface area contributed by atoms with Crippen molar-refractivity contribution in [2.75, 3.05) is 6.61 Å². The predicted molar refractivity (Wildman–Crippen MR) is 128 cm³/mol. The molecule has 0 heterocycles. The van der Waals surface area contributed by atoms with Crippen molar-refractivity contribution < 1.29 is 19.4 Å². The molecule has 180 valence electrons. The Morgan fingerprint density at radius 3 is 1.77 bits per heavy atom. The summed E-state index contributed by atoms with van der Waals surface area (Å²) in [7, 11) is 0. The van der Waals surface area contributed by atoms with Gasteiger partial charge in [0.25, 0.3) is 0 Å². The first-order valence-electron chi connectivity index (χ1n) is 13.2. The van der Waals surface area contributed by atoms with Crippen LogP contribution >= 0.6 is 0 Å². The Morgan fingerprint density at radius 2 is 1.23 bits per heavy atom. The third-order valence-electron chi connectivity index (χ3n) is 6.54. The largest absolute Gasteiger partial charge is 0.481 e. The van der Waals surface area contributed by atoms with Crippen LogP contribution in [-0.2, 0) is 14.3 Å². The minimum atomic E-state index is -0.852. The summed E-state index contributed by atoms with van der Waals surface area (Å²) in [5, 5.41) is 9.27. The Bertz CT molecular complexity index is 486. The highest BCUT2D eigenvalue weighted by atomic mass is 16.5. The van der Waals surface area contributed by atoms with E-state index in [0.717, 1.165) is 25.7 Å². The van der Waals surface area contributed by atoms with E-state index in [-0.39, 0.29) is 5.97 Å². The third kappa shape index (κ3) is 14.4. The van der Waals surface area contributed by atoms with Crippen LogP contribution in [0.3, 0.4) is 0 Å². The van der Waals surface area contributed by atoms with Crippen LogP contribution in [-0.4, -0.2) is 23.7 Å². The Hall–Kier alpha value is -1.32. The summed E-state index contributed by atoms with van der Waals surface area (Å²) in [4.78, 5) is 23.5. The lowest BCUT2D eigenvalue weighted by molar-refractivity contribution is -0.159. The second kappa shape index (κ2) is 19.4. The predicted octanol–water partition coefficient (Wildman–Crippen LogP) is 7.85. The molecule has 0 amide bonds. The number of carbonyl (C=O) groups excluding carboxylic acids is 1. The number of aliphatic carboxylic acids is 1. The van der Waals surface area contributed by atoms with Gasteiger partial charge in [-0.3, -0.25) is 9.59 Å². The van der Waals surface area contributed by atoms with Crippen LogP contribution in [0.1, 0.15) is 129 Å². The molecule has 1 saturated carbocycles. The van der Waals surface area contributed by atoms with Crippen molar-refractivity contribution in [3.05, 3.63) is 12.2 Å². The fourth-order valence-electron chi connectivity index (χ4n) is 4.51. The standard InChI is InChI=1S/C27H48O4/c1-2-3-4-5-6-7-8-9-10-11-12-13-14-15-16-17-20-23-31-27(30)25-22-19-18-21-24(25)26(28)29/h9-10,24-25H,2-8,11-23H2,1H3,(H,28,29)/b10-9+. The van der Waals surface area contributed by atoms with E-state index in [4.69, 9.17) is 4.74 Å². The number of rotatable bonds is 19. The van der Waals surface area contributed by atoms with E-state index >= 15 is 0 Å². The maximum absolute atomic E-state index is 12.2. The van der Waals surface area contributed by atoms with Gasteiger partial charge in [-0.05, 0) is 44.9 Å². The van der Waals surface area contributed by atoms with Crippen LogP contribution in [0.5, 0.6) is 0 Å². The number of carboxylic acid groups (broad SMARTS) is 1. The van der Waals surface area contributed by atoms with Gasteiger partial charge in [-0.15, -0.1) is 0 Å². The minimum Gasteiger partial charge on any atom is -0.481 e.